The standard InChI is InChI=1S/C28H50O3/c1-5-20-24-17-19(30)12-14-28(24,4)23-13-15-27(3)21(18(2)9-7-6-8-16-29)10-11-22(27)25(23)26(20)31/h18-26,29-31H,5-17H2,1-4H3/t18-,19-,20-,21-,22?,23?,24+,25?,26?,27-,28-/m1/s1. The number of unbranched alkanes of at least 4 members (excludes halogenated alkanes) is 2. The van der Waals surface area contributed by atoms with E-state index < -0.39 is 0 Å². The van der Waals surface area contributed by atoms with Crippen molar-refractivity contribution in [2.75, 3.05) is 6.61 Å². The van der Waals surface area contributed by atoms with Crippen LogP contribution < -0.4 is 0 Å². The molecule has 0 saturated heterocycles. The molecule has 4 fully saturated rings. The van der Waals surface area contributed by atoms with Crippen molar-refractivity contribution >= 4 is 0 Å². The van der Waals surface area contributed by atoms with E-state index in [0.717, 1.165) is 50.4 Å². The smallest absolute Gasteiger partial charge is 0.0605 e. The van der Waals surface area contributed by atoms with E-state index in [2.05, 4.69) is 27.7 Å². The van der Waals surface area contributed by atoms with Gasteiger partial charge in [-0.1, -0.05) is 53.4 Å². The first-order valence-corrected chi connectivity index (χ1v) is 13.7. The Balaban J connectivity index is 1.55. The number of hydrogen-bond acceptors (Lipinski definition) is 3. The van der Waals surface area contributed by atoms with E-state index in [1.165, 1.54) is 38.5 Å². The van der Waals surface area contributed by atoms with Crippen LogP contribution in [0.15, 0.2) is 0 Å². The number of aliphatic hydroxyl groups excluding tert-OH is 3. The highest BCUT2D eigenvalue weighted by molar-refractivity contribution is 5.13. The zero-order valence-corrected chi connectivity index (χ0v) is 20.7. The maximum Gasteiger partial charge on any atom is 0.0605 e. The quantitative estimate of drug-likeness (QED) is 0.444. The van der Waals surface area contributed by atoms with E-state index in [0.29, 0.717) is 47.0 Å². The first-order valence-electron chi connectivity index (χ1n) is 13.7. The summed E-state index contributed by atoms with van der Waals surface area (Å²) < 4.78 is 0. The summed E-state index contributed by atoms with van der Waals surface area (Å²) >= 11 is 0. The van der Waals surface area contributed by atoms with Gasteiger partial charge < -0.3 is 15.3 Å². The lowest BCUT2D eigenvalue weighted by Gasteiger charge is -2.64. The van der Waals surface area contributed by atoms with Crippen LogP contribution in [0, 0.1) is 52.3 Å². The summed E-state index contributed by atoms with van der Waals surface area (Å²) in [5.74, 6) is 4.17. The summed E-state index contributed by atoms with van der Waals surface area (Å²) in [5, 5.41) is 31.3. The second kappa shape index (κ2) is 9.26. The first kappa shape index (κ1) is 24.0. The van der Waals surface area contributed by atoms with Gasteiger partial charge in [0.2, 0.25) is 0 Å². The molecule has 4 saturated carbocycles. The molecule has 0 aromatic carbocycles. The van der Waals surface area contributed by atoms with E-state index >= 15 is 0 Å². The van der Waals surface area contributed by atoms with Gasteiger partial charge in [-0.2, -0.15) is 0 Å². The number of hydrogen-bond donors (Lipinski definition) is 3. The van der Waals surface area contributed by atoms with Gasteiger partial charge in [-0.05, 0) is 104 Å². The van der Waals surface area contributed by atoms with E-state index in [1.807, 2.05) is 0 Å². The molecule has 180 valence electrons. The van der Waals surface area contributed by atoms with Gasteiger partial charge in [0.15, 0.2) is 0 Å². The van der Waals surface area contributed by atoms with Crippen molar-refractivity contribution in [1.29, 1.82) is 0 Å². The molecule has 3 heteroatoms. The predicted molar refractivity (Wildman–Crippen MR) is 126 cm³/mol. The lowest BCUT2D eigenvalue weighted by molar-refractivity contribution is -0.203. The fraction of sp³-hybridized carbons (Fsp3) is 1.00. The number of aliphatic hydroxyl groups is 3. The van der Waals surface area contributed by atoms with Gasteiger partial charge in [0.25, 0.3) is 0 Å². The summed E-state index contributed by atoms with van der Waals surface area (Å²) in [6.07, 6.45) is 13.6. The SMILES string of the molecule is CC[C@H]1C(O)C2C3CC[C@H]([C@H](C)CCCCCO)[C@@]3(C)CCC2[C@@]2(C)CC[C@@H](O)C[C@@H]12. The Morgan fingerprint density at radius 1 is 0.871 bits per heavy atom. The Morgan fingerprint density at radius 3 is 2.29 bits per heavy atom. The van der Waals surface area contributed by atoms with Crippen molar-refractivity contribution in [3.63, 3.8) is 0 Å². The van der Waals surface area contributed by atoms with E-state index in [4.69, 9.17) is 5.11 Å². The van der Waals surface area contributed by atoms with Crippen LogP contribution in [0.1, 0.15) is 105 Å². The molecule has 4 aliphatic carbocycles. The average Bonchev–Trinajstić information content (AvgIpc) is 3.10. The molecular formula is C28H50O3. The van der Waals surface area contributed by atoms with Crippen molar-refractivity contribution in [2.45, 2.75) is 117 Å². The van der Waals surface area contributed by atoms with E-state index in [9.17, 15) is 10.2 Å². The third kappa shape index (κ3) is 3.93. The predicted octanol–water partition coefficient (Wildman–Crippen LogP) is 5.80. The summed E-state index contributed by atoms with van der Waals surface area (Å²) in [5.41, 5.74) is 0.688. The topological polar surface area (TPSA) is 60.7 Å². The molecule has 4 rings (SSSR count). The molecule has 3 nitrogen and oxygen atoms in total. The van der Waals surface area contributed by atoms with Crippen LogP contribution >= 0.6 is 0 Å². The molecule has 31 heavy (non-hydrogen) atoms. The Kier molecular flexibility index (Phi) is 7.17. The van der Waals surface area contributed by atoms with Crippen molar-refractivity contribution in [1.82, 2.24) is 0 Å². The van der Waals surface area contributed by atoms with Crippen molar-refractivity contribution in [2.24, 2.45) is 52.3 Å². The molecule has 0 heterocycles. The highest BCUT2D eigenvalue weighted by Gasteiger charge is 2.64. The molecule has 11 atom stereocenters. The van der Waals surface area contributed by atoms with Gasteiger partial charge in [0.05, 0.1) is 12.2 Å². The molecule has 0 aromatic heterocycles. The van der Waals surface area contributed by atoms with Crippen molar-refractivity contribution in [3.8, 4) is 0 Å². The minimum Gasteiger partial charge on any atom is -0.396 e. The van der Waals surface area contributed by atoms with E-state index in [-0.39, 0.29) is 12.2 Å². The average molecular weight is 435 g/mol. The molecule has 0 spiro atoms. The molecule has 0 aromatic rings. The van der Waals surface area contributed by atoms with Crippen LogP contribution in [0.25, 0.3) is 0 Å². The largest absolute Gasteiger partial charge is 0.396 e. The maximum absolute atomic E-state index is 11.8. The Morgan fingerprint density at radius 2 is 1.58 bits per heavy atom. The van der Waals surface area contributed by atoms with Crippen LogP contribution in [0.4, 0.5) is 0 Å². The lowest BCUT2D eigenvalue weighted by atomic mass is 9.41. The minimum absolute atomic E-state index is 0.160. The monoisotopic (exact) mass is 434 g/mol. The lowest BCUT2D eigenvalue weighted by Crippen LogP contribution is -2.62. The molecule has 0 radical (unpaired) electrons. The highest BCUT2D eigenvalue weighted by atomic mass is 16.3. The first-order chi connectivity index (χ1) is 14.8. The summed E-state index contributed by atoms with van der Waals surface area (Å²) in [6.45, 7) is 10.2. The molecule has 4 unspecified atom stereocenters. The molecule has 3 N–H and O–H groups in total. The summed E-state index contributed by atoms with van der Waals surface area (Å²) in [4.78, 5) is 0. The van der Waals surface area contributed by atoms with Crippen LogP contribution in [0.2, 0.25) is 0 Å². The minimum atomic E-state index is -0.179. The van der Waals surface area contributed by atoms with Gasteiger partial charge >= 0.3 is 0 Å². The zero-order chi connectivity index (χ0) is 22.4. The molecule has 0 aliphatic heterocycles. The number of rotatable bonds is 7. The van der Waals surface area contributed by atoms with Crippen molar-refractivity contribution in [3.05, 3.63) is 0 Å². The normalized spacial score (nSPS) is 50.4. The third-order valence-electron chi connectivity index (χ3n) is 11.5. The fourth-order valence-electron chi connectivity index (χ4n) is 9.89. The van der Waals surface area contributed by atoms with Gasteiger partial charge in [0.1, 0.15) is 0 Å². The van der Waals surface area contributed by atoms with Crippen molar-refractivity contribution < 1.29 is 15.3 Å². The summed E-state index contributed by atoms with van der Waals surface area (Å²) in [7, 11) is 0. The van der Waals surface area contributed by atoms with Crippen LogP contribution in [-0.4, -0.2) is 34.1 Å². The fourth-order valence-corrected chi connectivity index (χ4v) is 9.89. The Bertz CT molecular complexity index is 607. The number of fused-ring (bicyclic) bond motifs is 5. The molecule has 0 amide bonds. The van der Waals surface area contributed by atoms with Gasteiger partial charge in [-0.3, -0.25) is 0 Å². The van der Waals surface area contributed by atoms with Gasteiger partial charge in [-0.25, -0.2) is 0 Å². The van der Waals surface area contributed by atoms with E-state index in [1.54, 1.807) is 0 Å². The van der Waals surface area contributed by atoms with Crippen LogP contribution in [-0.2, 0) is 0 Å². The highest BCUT2D eigenvalue weighted by Crippen LogP contribution is 2.69. The van der Waals surface area contributed by atoms with Gasteiger partial charge in [-0.15, -0.1) is 0 Å². The zero-order valence-electron chi connectivity index (χ0n) is 20.7. The summed E-state index contributed by atoms with van der Waals surface area (Å²) in [6, 6.07) is 0. The Labute approximate surface area is 191 Å². The second-order valence-corrected chi connectivity index (χ2v) is 12.7. The molecule has 4 aliphatic rings. The molecule has 0 bridgehead atoms. The Hall–Kier alpha value is -0.120. The second-order valence-electron chi connectivity index (χ2n) is 12.7. The maximum atomic E-state index is 11.8. The van der Waals surface area contributed by atoms with Crippen LogP contribution in [0.3, 0.4) is 0 Å². The van der Waals surface area contributed by atoms with Gasteiger partial charge in [0, 0.05) is 6.61 Å². The molecular weight excluding hydrogens is 384 g/mol. The van der Waals surface area contributed by atoms with Crippen LogP contribution in [0.5, 0.6) is 0 Å². The third-order valence-corrected chi connectivity index (χ3v) is 11.5.